The van der Waals surface area contributed by atoms with E-state index >= 15 is 0 Å². The minimum absolute atomic E-state index is 0.262. The normalized spacial score (nSPS) is 12.8. The number of hydrogen-bond donors (Lipinski definition) is 0. The topological polar surface area (TPSA) is 35.1 Å². The van der Waals surface area contributed by atoms with Gasteiger partial charge in [-0.25, -0.2) is 4.79 Å². The Labute approximate surface area is 114 Å². The Balaban J connectivity index is 2.71. The third-order valence-corrected chi connectivity index (χ3v) is 4.26. The van der Waals surface area contributed by atoms with Crippen molar-refractivity contribution in [2.75, 3.05) is 0 Å². The largest absolute Gasteiger partial charge is 0.420 e. The average Bonchev–Trinajstić information content (AvgIpc) is 2.63. The third kappa shape index (κ3) is 2.22. The van der Waals surface area contributed by atoms with Crippen LogP contribution in [0.5, 0.6) is 0 Å². The van der Waals surface area contributed by atoms with Gasteiger partial charge in [0.1, 0.15) is 0 Å². The molecular weight excluding hydrogens is 238 g/mol. The maximum atomic E-state index is 12.2. The van der Waals surface area contributed by atoms with Crippen LogP contribution in [0.15, 0.2) is 27.4 Å². The van der Waals surface area contributed by atoms with Crippen LogP contribution < -0.4 is 5.76 Å². The van der Waals surface area contributed by atoms with Crippen LogP contribution in [0, 0.1) is 5.92 Å². The van der Waals surface area contributed by atoms with Crippen molar-refractivity contribution in [2.45, 2.75) is 53.0 Å². The molecule has 1 aromatic heterocycles. The lowest BCUT2D eigenvalue weighted by Crippen LogP contribution is -2.38. The summed E-state index contributed by atoms with van der Waals surface area (Å²) in [6.45, 7) is 12.7. The van der Waals surface area contributed by atoms with E-state index in [-0.39, 0.29) is 11.3 Å². The van der Waals surface area contributed by atoms with E-state index in [4.69, 9.17) is 4.42 Å². The van der Waals surface area contributed by atoms with Gasteiger partial charge in [0.15, 0.2) is 5.58 Å². The smallest absolute Gasteiger partial charge is 0.408 e. The van der Waals surface area contributed by atoms with Crippen LogP contribution in [0.2, 0.25) is 0 Å². The Bertz CT molecular complexity index is 644. The Kier molecular flexibility index (Phi) is 3.33. The zero-order valence-corrected chi connectivity index (χ0v) is 12.7. The summed E-state index contributed by atoms with van der Waals surface area (Å²) in [5, 5.41) is 0. The van der Waals surface area contributed by atoms with Gasteiger partial charge in [-0.1, -0.05) is 33.8 Å². The van der Waals surface area contributed by atoms with E-state index < -0.39 is 0 Å². The van der Waals surface area contributed by atoms with Gasteiger partial charge in [0, 0.05) is 5.54 Å². The number of hydrogen-bond acceptors (Lipinski definition) is 2. The van der Waals surface area contributed by atoms with Gasteiger partial charge in [-0.3, -0.25) is 4.57 Å². The van der Waals surface area contributed by atoms with Crippen molar-refractivity contribution < 1.29 is 4.42 Å². The zero-order valence-electron chi connectivity index (χ0n) is 12.7. The maximum absolute atomic E-state index is 12.2. The van der Waals surface area contributed by atoms with Gasteiger partial charge in [0.05, 0.1) is 5.52 Å². The predicted octanol–water partition coefficient (Wildman–Crippen LogP) is 4.11. The lowest BCUT2D eigenvalue weighted by molar-refractivity contribution is 0.238. The molecule has 0 unspecified atom stereocenters. The van der Waals surface area contributed by atoms with Crippen LogP contribution in [-0.2, 0) is 5.54 Å². The molecule has 2 aromatic rings. The summed E-state index contributed by atoms with van der Waals surface area (Å²) in [5.41, 5.74) is 2.50. The van der Waals surface area contributed by atoms with Crippen molar-refractivity contribution in [2.24, 2.45) is 5.92 Å². The average molecular weight is 261 g/mol. The molecule has 0 aliphatic rings. The van der Waals surface area contributed by atoms with Crippen molar-refractivity contribution in [3.63, 3.8) is 0 Å². The summed E-state index contributed by atoms with van der Waals surface area (Å²) in [5.74, 6) is 0.501. The Morgan fingerprint density at radius 2 is 1.79 bits per heavy atom. The highest BCUT2D eigenvalue weighted by Crippen LogP contribution is 2.29. The SMILES string of the molecule is CC(C)c1ccc2c(c1)oc(=O)n2C(C)(C)C(C)C. The van der Waals surface area contributed by atoms with E-state index in [1.54, 1.807) is 4.57 Å². The Hall–Kier alpha value is -1.51. The fourth-order valence-corrected chi connectivity index (χ4v) is 2.20. The van der Waals surface area contributed by atoms with Crippen molar-refractivity contribution in [1.82, 2.24) is 4.57 Å². The first-order valence-corrected chi connectivity index (χ1v) is 6.91. The Morgan fingerprint density at radius 1 is 1.16 bits per heavy atom. The molecule has 0 N–H and O–H groups in total. The minimum Gasteiger partial charge on any atom is -0.408 e. The molecule has 1 heterocycles. The van der Waals surface area contributed by atoms with Crippen LogP contribution in [-0.4, -0.2) is 4.57 Å². The van der Waals surface area contributed by atoms with E-state index in [0.29, 0.717) is 17.4 Å². The molecule has 0 atom stereocenters. The second-order valence-electron chi connectivity index (χ2n) is 6.39. The van der Waals surface area contributed by atoms with Gasteiger partial charge in [0.2, 0.25) is 0 Å². The van der Waals surface area contributed by atoms with Gasteiger partial charge in [-0.2, -0.15) is 0 Å². The van der Waals surface area contributed by atoms with E-state index in [0.717, 1.165) is 5.52 Å². The lowest BCUT2D eigenvalue weighted by atomic mass is 9.90. The zero-order chi connectivity index (χ0) is 14.4. The van der Waals surface area contributed by atoms with Crippen molar-refractivity contribution >= 4 is 11.1 Å². The molecule has 0 fully saturated rings. The van der Waals surface area contributed by atoms with Crippen LogP contribution in [0.1, 0.15) is 53.0 Å². The molecule has 0 saturated heterocycles. The standard InChI is InChI=1S/C16H23NO2/c1-10(2)12-7-8-13-14(9-12)19-15(18)17(13)16(5,6)11(3)4/h7-11H,1-6H3. The first kappa shape index (κ1) is 13.9. The lowest BCUT2D eigenvalue weighted by Gasteiger charge is -2.30. The molecule has 0 bridgehead atoms. The number of rotatable bonds is 3. The van der Waals surface area contributed by atoms with E-state index in [1.165, 1.54) is 5.56 Å². The van der Waals surface area contributed by atoms with E-state index in [9.17, 15) is 4.79 Å². The molecule has 0 spiro atoms. The van der Waals surface area contributed by atoms with Crippen LogP contribution in [0.25, 0.3) is 11.1 Å². The highest BCUT2D eigenvalue weighted by molar-refractivity contribution is 5.74. The summed E-state index contributed by atoms with van der Waals surface area (Å²) in [6.07, 6.45) is 0. The van der Waals surface area contributed by atoms with Gasteiger partial charge < -0.3 is 4.42 Å². The fourth-order valence-electron chi connectivity index (χ4n) is 2.20. The molecule has 19 heavy (non-hydrogen) atoms. The molecule has 0 saturated carbocycles. The van der Waals surface area contributed by atoms with E-state index in [1.807, 2.05) is 12.1 Å². The predicted molar refractivity (Wildman–Crippen MR) is 78.7 cm³/mol. The van der Waals surface area contributed by atoms with Gasteiger partial charge in [-0.05, 0) is 43.4 Å². The molecule has 0 aliphatic heterocycles. The van der Waals surface area contributed by atoms with Crippen molar-refractivity contribution in [1.29, 1.82) is 0 Å². The van der Waals surface area contributed by atoms with Crippen LogP contribution in [0.4, 0.5) is 0 Å². The molecule has 3 heteroatoms. The Morgan fingerprint density at radius 3 is 2.32 bits per heavy atom. The summed E-state index contributed by atoms with van der Waals surface area (Å²) in [4.78, 5) is 12.2. The van der Waals surface area contributed by atoms with E-state index in [2.05, 4.69) is 47.6 Å². The number of benzene rings is 1. The minimum atomic E-state index is -0.269. The molecule has 2 rings (SSSR count). The first-order valence-electron chi connectivity index (χ1n) is 6.91. The second kappa shape index (κ2) is 4.55. The van der Waals surface area contributed by atoms with Crippen LogP contribution in [0.3, 0.4) is 0 Å². The van der Waals surface area contributed by atoms with Gasteiger partial charge >= 0.3 is 5.76 Å². The first-order chi connectivity index (χ1) is 8.75. The maximum Gasteiger partial charge on any atom is 0.420 e. The summed E-state index contributed by atoms with van der Waals surface area (Å²) in [7, 11) is 0. The van der Waals surface area contributed by atoms with Crippen molar-refractivity contribution in [3.8, 4) is 0 Å². The molecule has 0 aliphatic carbocycles. The monoisotopic (exact) mass is 261 g/mol. The quantitative estimate of drug-likeness (QED) is 0.833. The number of oxazole rings is 1. The highest BCUT2D eigenvalue weighted by atomic mass is 16.4. The highest BCUT2D eigenvalue weighted by Gasteiger charge is 2.29. The van der Waals surface area contributed by atoms with Gasteiger partial charge in [-0.15, -0.1) is 0 Å². The number of aromatic nitrogens is 1. The van der Waals surface area contributed by atoms with Crippen molar-refractivity contribution in [3.05, 3.63) is 34.3 Å². The molecule has 104 valence electrons. The molecule has 0 amide bonds. The molecular formula is C16H23NO2. The summed E-state index contributed by atoms with van der Waals surface area (Å²) >= 11 is 0. The molecule has 0 radical (unpaired) electrons. The summed E-state index contributed by atoms with van der Waals surface area (Å²) in [6, 6.07) is 6.06. The molecule has 3 nitrogen and oxygen atoms in total. The molecule has 1 aromatic carbocycles. The third-order valence-electron chi connectivity index (χ3n) is 4.26. The summed E-state index contributed by atoms with van der Waals surface area (Å²) < 4.78 is 7.21. The van der Waals surface area contributed by atoms with Gasteiger partial charge in [0.25, 0.3) is 0 Å². The van der Waals surface area contributed by atoms with Crippen LogP contribution >= 0.6 is 0 Å². The second-order valence-corrected chi connectivity index (χ2v) is 6.39. The number of nitrogens with zero attached hydrogens (tertiary/aromatic N) is 1. The fraction of sp³-hybridized carbons (Fsp3) is 0.562. The number of fused-ring (bicyclic) bond motifs is 1.